The molecule has 0 unspecified atom stereocenters. The van der Waals surface area contributed by atoms with Gasteiger partial charge in [-0.3, -0.25) is 9.59 Å². The molecule has 1 fully saturated rings. The molecule has 4 nitrogen and oxygen atoms in total. The second-order valence-electron chi connectivity index (χ2n) is 6.29. The summed E-state index contributed by atoms with van der Waals surface area (Å²) in [6.45, 7) is 5.31. The van der Waals surface area contributed by atoms with Crippen molar-refractivity contribution >= 4 is 11.8 Å². The van der Waals surface area contributed by atoms with Gasteiger partial charge in [-0.1, -0.05) is 44.2 Å². The van der Waals surface area contributed by atoms with Gasteiger partial charge in [0.25, 0.3) is 0 Å². The first-order valence-corrected chi connectivity index (χ1v) is 8.21. The van der Waals surface area contributed by atoms with Gasteiger partial charge in [0, 0.05) is 25.4 Å². The van der Waals surface area contributed by atoms with E-state index in [0.717, 1.165) is 31.5 Å². The Balaban J connectivity index is 2.09. The maximum atomic E-state index is 12.8. The first-order chi connectivity index (χ1) is 10.6. The standard InChI is InChI=1S/C18H26N2O2/c1-14(2)17(21)19-16(13-15-9-5-3-6-10-15)18(22)20-11-7-4-8-12-20/h3,5-6,9-10,14,16H,4,7-8,11-13H2,1-2H3,(H,19,21)/t16-/m0/s1. The normalized spacial score (nSPS) is 16.4. The third-order valence-electron chi connectivity index (χ3n) is 4.09. The first-order valence-electron chi connectivity index (χ1n) is 8.21. The van der Waals surface area contributed by atoms with E-state index >= 15 is 0 Å². The Kier molecular flexibility index (Phi) is 5.99. The van der Waals surface area contributed by atoms with Crippen molar-refractivity contribution in [2.45, 2.75) is 45.6 Å². The molecule has 120 valence electrons. The van der Waals surface area contributed by atoms with Gasteiger partial charge >= 0.3 is 0 Å². The lowest BCUT2D eigenvalue weighted by molar-refractivity contribution is -0.137. The molecule has 1 heterocycles. The van der Waals surface area contributed by atoms with Crippen molar-refractivity contribution in [3.05, 3.63) is 35.9 Å². The summed E-state index contributed by atoms with van der Waals surface area (Å²) in [6.07, 6.45) is 3.85. The number of rotatable bonds is 5. The van der Waals surface area contributed by atoms with E-state index in [1.165, 1.54) is 6.42 Å². The van der Waals surface area contributed by atoms with Crippen LogP contribution in [0.25, 0.3) is 0 Å². The van der Waals surface area contributed by atoms with Crippen LogP contribution in [0.15, 0.2) is 30.3 Å². The predicted octanol–water partition coefficient (Wildman–Crippen LogP) is 2.38. The zero-order chi connectivity index (χ0) is 15.9. The highest BCUT2D eigenvalue weighted by molar-refractivity contribution is 5.88. The molecule has 1 aliphatic rings. The van der Waals surface area contributed by atoms with Crippen LogP contribution in [0.1, 0.15) is 38.7 Å². The van der Waals surface area contributed by atoms with Gasteiger partial charge in [-0.25, -0.2) is 0 Å². The lowest BCUT2D eigenvalue weighted by Gasteiger charge is -2.31. The van der Waals surface area contributed by atoms with E-state index in [4.69, 9.17) is 0 Å². The van der Waals surface area contributed by atoms with Gasteiger partial charge in [-0.05, 0) is 24.8 Å². The van der Waals surface area contributed by atoms with Crippen LogP contribution in [-0.4, -0.2) is 35.8 Å². The molecule has 0 aliphatic carbocycles. The molecular formula is C18H26N2O2. The molecule has 0 aromatic heterocycles. The molecule has 1 atom stereocenters. The van der Waals surface area contributed by atoms with Crippen molar-refractivity contribution < 1.29 is 9.59 Å². The zero-order valence-electron chi connectivity index (χ0n) is 13.5. The molecule has 1 aromatic rings. The topological polar surface area (TPSA) is 49.4 Å². The molecule has 1 aromatic carbocycles. The van der Waals surface area contributed by atoms with Crippen LogP contribution in [0.5, 0.6) is 0 Å². The minimum absolute atomic E-state index is 0.0533. The molecule has 22 heavy (non-hydrogen) atoms. The molecule has 2 rings (SSSR count). The molecular weight excluding hydrogens is 276 g/mol. The number of nitrogens with zero attached hydrogens (tertiary/aromatic N) is 1. The van der Waals surface area contributed by atoms with Gasteiger partial charge < -0.3 is 10.2 Å². The second-order valence-corrected chi connectivity index (χ2v) is 6.29. The number of benzene rings is 1. The van der Waals surface area contributed by atoms with Crippen molar-refractivity contribution in [3.63, 3.8) is 0 Å². The highest BCUT2D eigenvalue weighted by atomic mass is 16.2. The molecule has 0 spiro atoms. The second kappa shape index (κ2) is 7.97. The van der Waals surface area contributed by atoms with Crippen molar-refractivity contribution in [2.24, 2.45) is 5.92 Å². The number of nitrogens with one attached hydrogen (secondary N) is 1. The van der Waals surface area contributed by atoms with Gasteiger partial charge in [0.15, 0.2) is 0 Å². The van der Waals surface area contributed by atoms with Crippen LogP contribution in [0.2, 0.25) is 0 Å². The molecule has 1 N–H and O–H groups in total. The number of likely N-dealkylation sites (tertiary alicyclic amines) is 1. The quantitative estimate of drug-likeness (QED) is 0.908. The maximum absolute atomic E-state index is 12.8. The number of carbonyl (C=O) groups is 2. The SMILES string of the molecule is CC(C)C(=O)N[C@@H](Cc1ccccc1)C(=O)N1CCCCC1. The number of piperidine rings is 1. The Morgan fingerprint density at radius 1 is 1.09 bits per heavy atom. The molecule has 1 aliphatic heterocycles. The fourth-order valence-corrected chi connectivity index (χ4v) is 2.72. The van der Waals surface area contributed by atoms with E-state index in [-0.39, 0.29) is 17.7 Å². The van der Waals surface area contributed by atoms with E-state index in [1.807, 2.05) is 49.1 Å². The zero-order valence-corrected chi connectivity index (χ0v) is 13.5. The Labute approximate surface area is 132 Å². The van der Waals surface area contributed by atoms with Crippen LogP contribution in [0, 0.1) is 5.92 Å². The van der Waals surface area contributed by atoms with Crippen molar-refractivity contribution in [1.29, 1.82) is 0 Å². The minimum atomic E-state index is -0.463. The largest absolute Gasteiger partial charge is 0.344 e. The van der Waals surface area contributed by atoms with Crippen molar-refractivity contribution in [3.8, 4) is 0 Å². The van der Waals surface area contributed by atoms with Crippen LogP contribution in [0.3, 0.4) is 0 Å². The highest BCUT2D eigenvalue weighted by Crippen LogP contribution is 2.13. The van der Waals surface area contributed by atoms with Crippen LogP contribution in [0.4, 0.5) is 0 Å². The summed E-state index contributed by atoms with van der Waals surface area (Å²) in [5.41, 5.74) is 1.07. The lowest BCUT2D eigenvalue weighted by atomic mass is 10.0. The Morgan fingerprint density at radius 3 is 2.32 bits per heavy atom. The number of hydrogen-bond acceptors (Lipinski definition) is 2. The highest BCUT2D eigenvalue weighted by Gasteiger charge is 2.27. The average Bonchev–Trinajstić information content (AvgIpc) is 2.55. The molecule has 4 heteroatoms. The molecule has 0 radical (unpaired) electrons. The summed E-state index contributed by atoms with van der Waals surface area (Å²) in [5.74, 6) is -0.128. The lowest BCUT2D eigenvalue weighted by Crippen LogP contribution is -2.51. The first kappa shape index (κ1) is 16.5. The summed E-state index contributed by atoms with van der Waals surface area (Å²) < 4.78 is 0. The van der Waals surface area contributed by atoms with Gasteiger partial charge in [-0.15, -0.1) is 0 Å². The van der Waals surface area contributed by atoms with Gasteiger partial charge in [0.1, 0.15) is 6.04 Å². The van der Waals surface area contributed by atoms with Crippen LogP contribution < -0.4 is 5.32 Å². The Bertz CT molecular complexity index is 493. The summed E-state index contributed by atoms with van der Waals surface area (Å²) in [6, 6.07) is 9.41. The summed E-state index contributed by atoms with van der Waals surface area (Å²) in [7, 11) is 0. The van der Waals surface area contributed by atoms with Crippen LogP contribution >= 0.6 is 0 Å². The van der Waals surface area contributed by atoms with E-state index < -0.39 is 6.04 Å². The fraction of sp³-hybridized carbons (Fsp3) is 0.556. The van der Waals surface area contributed by atoms with Gasteiger partial charge in [0.05, 0.1) is 0 Å². The monoisotopic (exact) mass is 302 g/mol. The van der Waals surface area contributed by atoms with Gasteiger partial charge in [0.2, 0.25) is 11.8 Å². The average molecular weight is 302 g/mol. The Morgan fingerprint density at radius 2 is 1.73 bits per heavy atom. The van der Waals surface area contributed by atoms with Crippen molar-refractivity contribution in [2.75, 3.05) is 13.1 Å². The fourth-order valence-electron chi connectivity index (χ4n) is 2.72. The molecule has 2 amide bonds. The van der Waals surface area contributed by atoms with E-state index in [0.29, 0.717) is 6.42 Å². The van der Waals surface area contributed by atoms with E-state index in [2.05, 4.69) is 5.32 Å². The third kappa shape index (κ3) is 4.58. The maximum Gasteiger partial charge on any atom is 0.245 e. The van der Waals surface area contributed by atoms with Crippen LogP contribution in [-0.2, 0) is 16.0 Å². The Hall–Kier alpha value is -1.84. The number of hydrogen-bond donors (Lipinski definition) is 1. The molecule has 0 saturated carbocycles. The minimum Gasteiger partial charge on any atom is -0.344 e. The summed E-state index contributed by atoms with van der Waals surface area (Å²) in [5, 5.41) is 2.93. The molecule has 0 bridgehead atoms. The summed E-state index contributed by atoms with van der Waals surface area (Å²) in [4.78, 5) is 26.7. The van der Waals surface area contributed by atoms with E-state index in [1.54, 1.807) is 0 Å². The summed E-state index contributed by atoms with van der Waals surface area (Å²) >= 11 is 0. The van der Waals surface area contributed by atoms with Crippen molar-refractivity contribution in [1.82, 2.24) is 10.2 Å². The van der Waals surface area contributed by atoms with Gasteiger partial charge in [-0.2, -0.15) is 0 Å². The predicted molar refractivity (Wildman–Crippen MR) is 87.3 cm³/mol. The third-order valence-corrected chi connectivity index (χ3v) is 4.09. The van der Waals surface area contributed by atoms with E-state index in [9.17, 15) is 9.59 Å². The number of carbonyl (C=O) groups excluding carboxylic acids is 2. The smallest absolute Gasteiger partial charge is 0.245 e. The molecule has 1 saturated heterocycles. The number of amides is 2.